The molecule has 2 fully saturated rings. The summed E-state index contributed by atoms with van der Waals surface area (Å²) in [6, 6.07) is 9.26. The van der Waals surface area contributed by atoms with Gasteiger partial charge in [0.25, 0.3) is 11.8 Å². The topological polar surface area (TPSA) is 108 Å². The fourth-order valence-corrected chi connectivity index (χ4v) is 4.97. The number of carbonyl (C=O) groups excluding carboxylic acids is 2. The molecule has 1 saturated heterocycles. The van der Waals surface area contributed by atoms with E-state index >= 15 is 0 Å². The van der Waals surface area contributed by atoms with Crippen LogP contribution in [0.4, 0.5) is 14.5 Å². The zero-order valence-electron chi connectivity index (χ0n) is 21.2. The summed E-state index contributed by atoms with van der Waals surface area (Å²) >= 11 is 0. The number of hydrogen-bond acceptors (Lipinski definition) is 5. The van der Waals surface area contributed by atoms with Crippen LogP contribution in [0, 0.1) is 17.6 Å². The normalized spacial score (nSPS) is 19.5. The molecule has 2 amide bonds. The van der Waals surface area contributed by atoms with Crippen molar-refractivity contribution in [3.63, 3.8) is 0 Å². The smallest absolute Gasteiger partial charge is 0.306 e. The summed E-state index contributed by atoms with van der Waals surface area (Å²) in [6.45, 7) is 2.09. The molecule has 0 radical (unpaired) electrons. The Hall–Kier alpha value is -3.69. The first-order chi connectivity index (χ1) is 18.3. The second-order valence-corrected chi connectivity index (χ2v) is 9.80. The van der Waals surface area contributed by atoms with Gasteiger partial charge in [-0.05, 0) is 69.2 Å². The molecule has 2 aliphatic rings. The van der Waals surface area contributed by atoms with Crippen molar-refractivity contribution in [1.29, 1.82) is 0 Å². The van der Waals surface area contributed by atoms with Gasteiger partial charge in [-0.15, -0.1) is 0 Å². The molecule has 0 aromatic heterocycles. The summed E-state index contributed by atoms with van der Waals surface area (Å²) < 4.78 is 34.8. The van der Waals surface area contributed by atoms with Crippen molar-refractivity contribution in [2.24, 2.45) is 5.92 Å². The molecule has 10 heteroatoms. The molecule has 2 aromatic carbocycles. The predicted molar refractivity (Wildman–Crippen MR) is 138 cm³/mol. The Kier molecular flexibility index (Phi) is 9.15. The van der Waals surface area contributed by atoms with Crippen LogP contribution in [0.15, 0.2) is 36.4 Å². The number of ether oxygens (including phenoxy) is 1. The fourth-order valence-electron chi connectivity index (χ4n) is 4.97. The molecule has 0 bridgehead atoms. The number of piperidine rings is 1. The van der Waals surface area contributed by atoms with Crippen LogP contribution in [0.1, 0.15) is 65.7 Å². The summed E-state index contributed by atoms with van der Waals surface area (Å²) in [5.41, 5.74) is 0.840. The Morgan fingerprint density at radius 1 is 0.868 bits per heavy atom. The van der Waals surface area contributed by atoms with Gasteiger partial charge in [0.15, 0.2) is 0 Å². The highest BCUT2D eigenvalue weighted by Gasteiger charge is 2.28. The van der Waals surface area contributed by atoms with Crippen LogP contribution in [0.2, 0.25) is 0 Å². The highest BCUT2D eigenvalue weighted by molar-refractivity contribution is 5.95. The minimum atomic E-state index is -1.06. The van der Waals surface area contributed by atoms with Gasteiger partial charge in [-0.2, -0.15) is 0 Å². The SMILES string of the molecule is O=C(NCCNC(=O)c1c(F)cc(OC2CCC(C(=O)O)CC2)cc1F)c1ccc(N2CCCCC2)cc1. The van der Waals surface area contributed by atoms with Crippen molar-refractivity contribution in [3.8, 4) is 5.75 Å². The van der Waals surface area contributed by atoms with Crippen molar-refractivity contribution in [3.05, 3.63) is 59.2 Å². The molecule has 0 atom stereocenters. The quantitative estimate of drug-likeness (QED) is 0.422. The number of hydrogen-bond donors (Lipinski definition) is 3. The number of nitrogens with zero attached hydrogens (tertiary/aromatic N) is 1. The summed E-state index contributed by atoms with van der Waals surface area (Å²) in [4.78, 5) is 38.2. The molecular formula is C28H33F2N3O5. The number of nitrogens with one attached hydrogen (secondary N) is 2. The number of carboxylic acid groups (broad SMARTS) is 1. The Morgan fingerprint density at radius 2 is 1.45 bits per heavy atom. The minimum Gasteiger partial charge on any atom is -0.490 e. The van der Waals surface area contributed by atoms with E-state index in [1.54, 1.807) is 12.1 Å². The molecule has 8 nitrogen and oxygen atoms in total. The Bertz CT molecular complexity index is 1120. The van der Waals surface area contributed by atoms with Crippen LogP contribution in [0.5, 0.6) is 5.75 Å². The van der Waals surface area contributed by atoms with Crippen LogP contribution in [-0.2, 0) is 4.79 Å². The van der Waals surface area contributed by atoms with E-state index in [1.807, 2.05) is 12.1 Å². The number of carboxylic acids is 1. The molecule has 0 spiro atoms. The molecule has 204 valence electrons. The Balaban J connectivity index is 1.23. The molecule has 2 aromatic rings. The average Bonchev–Trinajstić information content (AvgIpc) is 2.91. The maximum absolute atomic E-state index is 14.6. The van der Waals surface area contributed by atoms with E-state index in [1.165, 1.54) is 6.42 Å². The van der Waals surface area contributed by atoms with Gasteiger partial charge in [-0.1, -0.05) is 0 Å². The molecular weight excluding hydrogens is 496 g/mol. The third-order valence-electron chi connectivity index (χ3n) is 7.12. The van der Waals surface area contributed by atoms with E-state index in [9.17, 15) is 23.2 Å². The second-order valence-electron chi connectivity index (χ2n) is 9.80. The van der Waals surface area contributed by atoms with E-state index in [-0.39, 0.29) is 30.9 Å². The van der Waals surface area contributed by atoms with Gasteiger partial charge in [-0.3, -0.25) is 14.4 Å². The minimum absolute atomic E-state index is 0.0135. The monoisotopic (exact) mass is 529 g/mol. The molecule has 0 unspecified atom stereocenters. The molecule has 38 heavy (non-hydrogen) atoms. The maximum Gasteiger partial charge on any atom is 0.306 e. The predicted octanol–water partition coefficient (Wildman–Crippen LogP) is 4.14. The van der Waals surface area contributed by atoms with Gasteiger partial charge in [0.1, 0.15) is 22.9 Å². The van der Waals surface area contributed by atoms with Crippen molar-refractivity contribution in [2.45, 2.75) is 51.0 Å². The zero-order valence-corrected chi connectivity index (χ0v) is 21.2. The molecule has 1 aliphatic heterocycles. The highest BCUT2D eigenvalue weighted by Crippen LogP contribution is 2.29. The highest BCUT2D eigenvalue weighted by atomic mass is 19.1. The van der Waals surface area contributed by atoms with Crippen LogP contribution in [0.25, 0.3) is 0 Å². The van der Waals surface area contributed by atoms with Crippen molar-refractivity contribution in [2.75, 3.05) is 31.1 Å². The van der Waals surface area contributed by atoms with Crippen LogP contribution >= 0.6 is 0 Å². The summed E-state index contributed by atoms with van der Waals surface area (Å²) in [7, 11) is 0. The van der Waals surface area contributed by atoms with E-state index in [2.05, 4.69) is 15.5 Å². The first-order valence-electron chi connectivity index (χ1n) is 13.1. The fraction of sp³-hybridized carbons (Fsp3) is 0.464. The van der Waals surface area contributed by atoms with Gasteiger partial charge >= 0.3 is 5.97 Å². The van der Waals surface area contributed by atoms with E-state index < -0.39 is 35.0 Å². The van der Waals surface area contributed by atoms with Gasteiger partial charge in [-0.25, -0.2) is 8.78 Å². The van der Waals surface area contributed by atoms with Crippen molar-refractivity contribution in [1.82, 2.24) is 10.6 Å². The average molecular weight is 530 g/mol. The first-order valence-corrected chi connectivity index (χ1v) is 13.1. The third kappa shape index (κ3) is 6.99. The second kappa shape index (κ2) is 12.7. The van der Waals surface area contributed by atoms with Gasteiger partial charge in [0.2, 0.25) is 0 Å². The summed E-state index contributed by atoms with van der Waals surface area (Å²) in [5.74, 6) is -4.69. The standard InChI is InChI=1S/C28H33F2N3O5/c29-23-16-22(38-21-10-6-19(7-11-21)28(36)37)17-24(30)25(23)27(35)32-13-12-31-26(34)18-4-8-20(9-5-18)33-14-2-1-3-15-33/h4-5,8-9,16-17,19,21H,1-3,6-7,10-15H2,(H,31,34)(H,32,35)(H,36,37). The van der Waals surface area contributed by atoms with Gasteiger partial charge < -0.3 is 25.4 Å². The molecule has 1 heterocycles. The largest absolute Gasteiger partial charge is 0.490 e. The lowest BCUT2D eigenvalue weighted by atomic mass is 9.87. The van der Waals surface area contributed by atoms with Crippen molar-refractivity contribution < 1.29 is 33.0 Å². The first kappa shape index (κ1) is 27.3. The lowest BCUT2D eigenvalue weighted by Crippen LogP contribution is -2.35. The van der Waals surface area contributed by atoms with Crippen LogP contribution in [0.3, 0.4) is 0 Å². The third-order valence-corrected chi connectivity index (χ3v) is 7.12. The van der Waals surface area contributed by atoms with Crippen molar-refractivity contribution >= 4 is 23.5 Å². The lowest BCUT2D eigenvalue weighted by molar-refractivity contribution is -0.143. The number of halogens is 2. The Labute approximate surface area is 220 Å². The Morgan fingerprint density at radius 3 is 2.03 bits per heavy atom. The van der Waals surface area contributed by atoms with Gasteiger partial charge in [0.05, 0.1) is 12.0 Å². The number of benzene rings is 2. The molecule has 3 N–H and O–H groups in total. The molecule has 1 aliphatic carbocycles. The van der Waals surface area contributed by atoms with Crippen LogP contribution < -0.4 is 20.3 Å². The molecule has 4 rings (SSSR count). The van der Waals surface area contributed by atoms with Gasteiger partial charge in [0, 0.05) is 49.6 Å². The maximum atomic E-state index is 14.6. The number of carbonyl (C=O) groups is 3. The number of rotatable bonds is 9. The van der Waals surface area contributed by atoms with Crippen LogP contribution in [-0.4, -0.2) is 55.2 Å². The van der Waals surface area contributed by atoms with E-state index in [0.717, 1.165) is 43.8 Å². The summed E-state index contributed by atoms with van der Waals surface area (Å²) in [5, 5.41) is 14.2. The van der Waals surface area contributed by atoms with E-state index in [4.69, 9.17) is 9.84 Å². The number of aliphatic carboxylic acids is 1. The number of anilines is 1. The zero-order chi connectivity index (χ0) is 27.1. The number of amides is 2. The lowest BCUT2D eigenvalue weighted by Gasteiger charge is -2.28. The van der Waals surface area contributed by atoms with E-state index in [0.29, 0.717) is 31.2 Å². The summed E-state index contributed by atoms with van der Waals surface area (Å²) in [6.07, 6.45) is 5.04. The molecule has 1 saturated carbocycles.